The summed E-state index contributed by atoms with van der Waals surface area (Å²) in [6.45, 7) is 13.7. The van der Waals surface area contributed by atoms with Crippen LogP contribution in [-0.2, 0) is 12.0 Å². The van der Waals surface area contributed by atoms with Crippen molar-refractivity contribution >= 4 is 29.9 Å². The van der Waals surface area contributed by atoms with E-state index in [9.17, 15) is 0 Å². The minimum Gasteiger partial charge on any atom is -0.358 e. The lowest BCUT2D eigenvalue weighted by molar-refractivity contribution is 0.311. The number of thioether (sulfide) groups is 1. The first-order chi connectivity index (χ1) is 14.5. The van der Waals surface area contributed by atoms with Crippen molar-refractivity contribution in [2.24, 2.45) is 16.8 Å². The van der Waals surface area contributed by atoms with Crippen LogP contribution in [-0.4, -0.2) is 19.0 Å². The molecule has 1 atom stereocenters. The molecule has 1 saturated carbocycles. The standard InChI is InChI=1S/C27H34N2S/c1-5-27(3)24-9-7-6-8-22(24)16-17-29(27)23-14-15-25(28-4)26(18-23)30-19-21-12-10-20(2)11-13-21/h5-9,14-15,18,20-21H,1,4,10-13,16-17,19H2,2-3H3. The molecule has 0 amide bonds. The topological polar surface area (TPSA) is 15.6 Å². The summed E-state index contributed by atoms with van der Waals surface area (Å²) in [6, 6.07) is 15.5. The van der Waals surface area contributed by atoms with Gasteiger partial charge >= 0.3 is 0 Å². The molecule has 1 aliphatic heterocycles. The highest BCUT2D eigenvalue weighted by Crippen LogP contribution is 2.43. The second kappa shape index (κ2) is 9.01. The highest BCUT2D eigenvalue weighted by molar-refractivity contribution is 7.99. The van der Waals surface area contributed by atoms with Gasteiger partial charge in [-0.15, -0.1) is 18.3 Å². The minimum absolute atomic E-state index is 0.209. The minimum atomic E-state index is -0.209. The van der Waals surface area contributed by atoms with Crippen molar-refractivity contribution < 1.29 is 0 Å². The molecule has 0 aromatic heterocycles. The predicted molar refractivity (Wildman–Crippen MR) is 133 cm³/mol. The van der Waals surface area contributed by atoms with Crippen LogP contribution in [0.5, 0.6) is 0 Å². The van der Waals surface area contributed by atoms with Crippen molar-refractivity contribution in [1.82, 2.24) is 0 Å². The number of hydrogen-bond acceptors (Lipinski definition) is 3. The van der Waals surface area contributed by atoms with E-state index in [2.05, 4.69) is 85.6 Å². The average molecular weight is 419 g/mol. The van der Waals surface area contributed by atoms with Gasteiger partial charge < -0.3 is 4.90 Å². The highest BCUT2D eigenvalue weighted by Gasteiger charge is 2.36. The Balaban J connectivity index is 1.59. The molecular weight excluding hydrogens is 384 g/mol. The van der Waals surface area contributed by atoms with Crippen LogP contribution in [0.2, 0.25) is 0 Å². The molecule has 4 rings (SSSR count). The molecule has 2 aliphatic rings. The van der Waals surface area contributed by atoms with Gasteiger partial charge in [0.25, 0.3) is 0 Å². The van der Waals surface area contributed by atoms with E-state index in [0.29, 0.717) is 0 Å². The van der Waals surface area contributed by atoms with Crippen LogP contribution >= 0.6 is 11.8 Å². The van der Waals surface area contributed by atoms with Crippen LogP contribution in [0.4, 0.5) is 11.4 Å². The van der Waals surface area contributed by atoms with E-state index < -0.39 is 0 Å². The number of anilines is 1. The molecule has 0 spiro atoms. The van der Waals surface area contributed by atoms with Crippen LogP contribution in [0.25, 0.3) is 0 Å². The molecule has 2 aromatic carbocycles. The first kappa shape index (κ1) is 21.2. The Kier molecular flexibility index (Phi) is 6.38. The summed E-state index contributed by atoms with van der Waals surface area (Å²) in [5.74, 6) is 2.91. The average Bonchev–Trinajstić information content (AvgIpc) is 2.79. The van der Waals surface area contributed by atoms with Gasteiger partial charge in [-0.05, 0) is 74.1 Å². The van der Waals surface area contributed by atoms with Crippen molar-refractivity contribution in [1.29, 1.82) is 0 Å². The quantitative estimate of drug-likeness (QED) is 0.276. The van der Waals surface area contributed by atoms with E-state index in [1.54, 1.807) is 0 Å². The van der Waals surface area contributed by atoms with Crippen molar-refractivity contribution in [2.45, 2.75) is 56.4 Å². The van der Waals surface area contributed by atoms with Crippen LogP contribution < -0.4 is 4.90 Å². The van der Waals surface area contributed by atoms with Crippen molar-refractivity contribution in [3.05, 3.63) is 66.2 Å². The second-order valence-corrected chi connectivity index (χ2v) is 10.2. The van der Waals surface area contributed by atoms with Gasteiger partial charge in [-0.3, -0.25) is 4.99 Å². The van der Waals surface area contributed by atoms with Gasteiger partial charge in [0, 0.05) is 22.9 Å². The normalized spacial score (nSPS) is 26.1. The molecule has 1 unspecified atom stereocenters. The van der Waals surface area contributed by atoms with E-state index in [1.807, 2.05) is 11.8 Å². The van der Waals surface area contributed by atoms with E-state index >= 15 is 0 Å². The van der Waals surface area contributed by atoms with E-state index in [0.717, 1.165) is 30.5 Å². The summed E-state index contributed by atoms with van der Waals surface area (Å²) in [4.78, 5) is 8.07. The summed E-state index contributed by atoms with van der Waals surface area (Å²) in [5, 5.41) is 0. The van der Waals surface area contributed by atoms with Gasteiger partial charge in [-0.2, -0.15) is 0 Å². The second-order valence-electron chi connectivity index (χ2n) is 9.16. The first-order valence-electron chi connectivity index (χ1n) is 11.3. The Morgan fingerprint density at radius 1 is 1.17 bits per heavy atom. The van der Waals surface area contributed by atoms with Gasteiger partial charge in [0.05, 0.1) is 11.2 Å². The summed E-state index contributed by atoms with van der Waals surface area (Å²) in [5.41, 5.74) is 4.84. The summed E-state index contributed by atoms with van der Waals surface area (Å²) >= 11 is 1.96. The number of benzene rings is 2. The van der Waals surface area contributed by atoms with Gasteiger partial charge in [0.2, 0.25) is 0 Å². The number of aliphatic imine (C=N–C) groups is 1. The van der Waals surface area contributed by atoms with Crippen LogP contribution in [0.3, 0.4) is 0 Å². The molecule has 0 N–H and O–H groups in total. The van der Waals surface area contributed by atoms with Crippen molar-refractivity contribution in [3.63, 3.8) is 0 Å². The van der Waals surface area contributed by atoms with Crippen LogP contribution in [0.1, 0.15) is 50.7 Å². The SMILES string of the molecule is C=CC1(C)c2ccccc2CCN1c1ccc(N=C)c(SCC2CCC(C)CC2)c1. The highest BCUT2D eigenvalue weighted by atomic mass is 32.2. The van der Waals surface area contributed by atoms with Crippen molar-refractivity contribution in [2.75, 3.05) is 17.2 Å². The number of rotatable bonds is 6. The molecule has 1 heterocycles. The van der Waals surface area contributed by atoms with Crippen LogP contribution in [0, 0.1) is 11.8 Å². The Morgan fingerprint density at radius 2 is 1.93 bits per heavy atom. The molecule has 3 heteroatoms. The van der Waals surface area contributed by atoms with Gasteiger partial charge in [0.1, 0.15) is 0 Å². The molecule has 0 bridgehead atoms. The smallest absolute Gasteiger partial charge is 0.0809 e. The zero-order valence-corrected chi connectivity index (χ0v) is 19.3. The number of nitrogens with zero attached hydrogens (tertiary/aromatic N) is 2. The fourth-order valence-corrected chi connectivity index (χ4v) is 6.31. The number of fused-ring (bicyclic) bond motifs is 1. The van der Waals surface area contributed by atoms with Gasteiger partial charge in [-0.25, -0.2) is 0 Å². The molecule has 1 fully saturated rings. The van der Waals surface area contributed by atoms with Crippen molar-refractivity contribution in [3.8, 4) is 0 Å². The lowest BCUT2D eigenvalue weighted by Crippen LogP contribution is -2.47. The monoisotopic (exact) mass is 418 g/mol. The molecule has 0 radical (unpaired) electrons. The Bertz CT molecular complexity index is 913. The number of hydrogen-bond donors (Lipinski definition) is 0. The maximum absolute atomic E-state index is 4.32. The molecule has 2 aromatic rings. The van der Waals surface area contributed by atoms with Crippen LogP contribution in [0.15, 0.2) is 65.0 Å². The Morgan fingerprint density at radius 3 is 2.67 bits per heavy atom. The fourth-order valence-electron chi connectivity index (χ4n) is 5.08. The van der Waals surface area contributed by atoms with E-state index in [4.69, 9.17) is 0 Å². The largest absolute Gasteiger partial charge is 0.358 e. The summed E-state index contributed by atoms with van der Waals surface area (Å²) in [7, 11) is 0. The molecule has 2 nitrogen and oxygen atoms in total. The van der Waals surface area contributed by atoms with Gasteiger partial charge in [0.15, 0.2) is 0 Å². The predicted octanol–water partition coefficient (Wildman–Crippen LogP) is 7.40. The Hall–Kier alpha value is -2.00. The molecular formula is C27H34N2S. The fraction of sp³-hybridized carbons (Fsp3) is 0.444. The Labute approximate surface area is 186 Å². The maximum atomic E-state index is 4.32. The van der Waals surface area contributed by atoms with E-state index in [-0.39, 0.29) is 5.54 Å². The zero-order valence-electron chi connectivity index (χ0n) is 18.4. The lowest BCUT2D eigenvalue weighted by Gasteiger charge is -2.46. The first-order valence-corrected chi connectivity index (χ1v) is 12.3. The molecule has 0 saturated heterocycles. The maximum Gasteiger partial charge on any atom is 0.0809 e. The third kappa shape index (κ3) is 4.09. The summed E-state index contributed by atoms with van der Waals surface area (Å²) < 4.78 is 0. The third-order valence-electron chi connectivity index (χ3n) is 7.16. The van der Waals surface area contributed by atoms with E-state index in [1.165, 1.54) is 53.1 Å². The molecule has 1 aliphatic carbocycles. The van der Waals surface area contributed by atoms with Gasteiger partial charge in [-0.1, -0.05) is 50.1 Å². The lowest BCUT2D eigenvalue weighted by atomic mass is 9.81. The molecule has 30 heavy (non-hydrogen) atoms. The summed E-state index contributed by atoms with van der Waals surface area (Å²) in [6.07, 6.45) is 8.64. The zero-order chi connectivity index (χ0) is 21.1. The third-order valence-corrected chi connectivity index (χ3v) is 8.44. The molecule has 158 valence electrons.